The first kappa shape index (κ1) is 19.7. The van der Waals surface area contributed by atoms with E-state index < -0.39 is 31.1 Å². The van der Waals surface area contributed by atoms with Gasteiger partial charge < -0.3 is 15.5 Å². The Morgan fingerprint density at radius 1 is 1.23 bits per heavy atom. The van der Waals surface area contributed by atoms with Crippen LogP contribution in [0, 0.1) is 0 Å². The SMILES string of the molecule is Cn1ncc2cc(Nc3cccc4c3C(=O)N(CC(=O)NCC(F)(F)F)C4)ccc21. The van der Waals surface area contributed by atoms with Crippen molar-refractivity contribution in [2.45, 2.75) is 12.7 Å². The first-order chi connectivity index (χ1) is 14.2. The second kappa shape index (κ2) is 7.36. The fourth-order valence-electron chi connectivity index (χ4n) is 3.48. The predicted molar refractivity (Wildman–Crippen MR) is 104 cm³/mol. The standard InChI is InChI=1S/C20H18F3N5O2/c1-27-16-6-5-14(7-13(16)8-25-27)26-15-4-2-3-12-9-28(19(30)18(12)15)10-17(29)24-11-20(21,22)23/h2-8,26H,9-11H2,1H3,(H,24,29). The highest BCUT2D eigenvalue weighted by molar-refractivity contribution is 6.05. The summed E-state index contributed by atoms with van der Waals surface area (Å²) in [6.07, 6.45) is -2.76. The second-order valence-electron chi connectivity index (χ2n) is 7.06. The van der Waals surface area contributed by atoms with Crippen LogP contribution in [0.5, 0.6) is 0 Å². The lowest BCUT2D eigenvalue weighted by Gasteiger charge is -2.16. The number of hydrogen-bond acceptors (Lipinski definition) is 4. The van der Waals surface area contributed by atoms with Gasteiger partial charge in [0, 0.05) is 24.7 Å². The summed E-state index contributed by atoms with van der Waals surface area (Å²) in [6, 6.07) is 11.0. The molecule has 0 saturated carbocycles. The van der Waals surface area contributed by atoms with Gasteiger partial charge in [-0.25, -0.2) is 0 Å². The Balaban J connectivity index is 1.51. The summed E-state index contributed by atoms with van der Waals surface area (Å²) >= 11 is 0. The molecule has 156 valence electrons. The molecule has 2 N–H and O–H groups in total. The molecule has 2 amide bonds. The molecule has 1 aliphatic rings. The highest BCUT2D eigenvalue weighted by Crippen LogP contribution is 2.32. The maximum absolute atomic E-state index is 12.8. The molecule has 0 unspecified atom stereocenters. The Bertz CT molecular complexity index is 1140. The van der Waals surface area contributed by atoms with Crippen molar-refractivity contribution in [3.8, 4) is 0 Å². The van der Waals surface area contributed by atoms with Crippen molar-refractivity contribution in [3.63, 3.8) is 0 Å². The summed E-state index contributed by atoms with van der Waals surface area (Å²) in [5.74, 6) is -1.26. The van der Waals surface area contributed by atoms with E-state index in [0.717, 1.165) is 16.6 Å². The van der Waals surface area contributed by atoms with E-state index in [9.17, 15) is 22.8 Å². The molecule has 7 nitrogen and oxygen atoms in total. The average Bonchev–Trinajstić information content (AvgIpc) is 3.20. The number of amides is 2. The number of alkyl halides is 3. The summed E-state index contributed by atoms with van der Waals surface area (Å²) in [7, 11) is 1.84. The molecule has 2 aromatic carbocycles. The normalized spacial score (nSPS) is 13.6. The van der Waals surface area contributed by atoms with E-state index in [2.05, 4.69) is 10.4 Å². The maximum Gasteiger partial charge on any atom is 0.405 e. The van der Waals surface area contributed by atoms with E-state index >= 15 is 0 Å². The number of anilines is 2. The van der Waals surface area contributed by atoms with E-state index in [0.29, 0.717) is 16.8 Å². The largest absolute Gasteiger partial charge is 0.405 e. The van der Waals surface area contributed by atoms with Crippen LogP contribution in [0.4, 0.5) is 24.5 Å². The number of hydrogen-bond donors (Lipinski definition) is 2. The number of carbonyl (C=O) groups excluding carboxylic acids is 2. The molecule has 0 radical (unpaired) electrons. The van der Waals surface area contributed by atoms with Crippen LogP contribution in [-0.4, -0.2) is 45.8 Å². The van der Waals surface area contributed by atoms with Crippen LogP contribution >= 0.6 is 0 Å². The number of nitrogens with zero attached hydrogens (tertiary/aromatic N) is 3. The summed E-state index contributed by atoms with van der Waals surface area (Å²) < 4.78 is 38.6. The predicted octanol–water partition coefficient (Wildman–Crippen LogP) is 2.95. The first-order valence-electron chi connectivity index (χ1n) is 9.15. The molecule has 0 aliphatic carbocycles. The van der Waals surface area contributed by atoms with Gasteiger partial charge in [0.05, 0.1) is 23.0 Å². The number of benzene rings is 2. The lowest BCUT2D eigenvalue weighted by atomic mass is 10.1. The van der Waals surface area contributed by atoms with E-state index in [1.54, 1.807) is 34.4 Å². The number of halogens is 3. The molecule has 2 heterocycles. The van der Waals surface area contributed by atoms with Gasteiger partial charge in [-0.2, -0.15) is 18.3 Å². The number of aromatic nitrogens is 2. The monoisotopic (exact) mass is 417 g/mol. The van der Waals surface area contributed by atoms with E-state index in [-0.39, 0.29) is 6.54 Å². The van der Waals surface area contributed by atoms with Gasteiger partial charge in [0.1, 0.15) is 13.1 Å². The number of aryl methyl sites for hydroxylation is 1. The molecule has 0 spiro atoms. The second-order valence-corrected chi connectivity index (χ2v) is 7.06. The molecular weight excluding hydrogens is 399 g/mol. The summed E-state index contributed by atoms with van der Waals surface area (Å²) in [5, 5.41) is 10.1. The Labute approximate surface area is 169 Å². The molecular formula is C20H18F3N5O2. The highest BCUT2D eigenvalue weighted by Gasteiger charge is 2.32. The van der Waals surface area contributed by atoms with Crippen molar-refractivity contribution in [2.75, 3.05) is 18.4 Å². The molecule has 0 fully saturated rings. The smallest absolute Gasteiger partial charge is 0.355 e. The van der Waals surface area contributed by atoms with Gasteiger partial charge in [-0.15, -0.1) is 0 Å². The van der Waals surface area contributed by atoms with Crippen LogP contribution < -0.4 is 10.6 Å². The Morgan fingerprint density at radius 3 is 2.80 bits per heavy atom. The van der Waals surface area contributed by atoms with Crippen LogP contribution in [0.3, 0.4) is 0 Å². The van der Waals surface area contributed by atoms with Crippen molar-refractivity contribution in [3.05, 3.63) is 53.7 Å². The lowest BCUT2D eigenvalue weighted by Crippen LogP contribution is -2.41. The Morgan fingerprint density at radius 2 is 2.03 bits per heavy atom. The lowest BCUT2D eigenvalue weighted by molar-refractivity contribution is -0.138. The minimum absolute atomic E-state index is 0.158. The molecule has 4 rings (SSSR count). The summed E-state index contributed by atoms with van der Waals surface area (Å²) in [4.78, 5) is 25.9. The summed E-state index contributed by atoms with van der Waals surface area (Å²) in [5.41, 5.74) is 3.41. The van der Waals surface area contributed by atoms with Gasteiger partial charge >= 0.3 is 6.18 Å². The zero-order valence-corrected chi connectivity index (χ0v) is 16.0. The Hall–Kier alpha value is -3.56. The van der Waals surface area contributed by atoms with Gasteiger partial charge in [-0.05, 0) is 29.8 Å². The summed E-state index contributed by atoms with van der Waals surface area (Å²) in [6.45, 7) is -1.71. The molecule has 1 aliphatic heterocycles. The topological polar surface area (TPSA) is 79.3 Å². The molecule has 1 aromatic heterocycles. The molecule has 30 heavy (non-hydrogen) atoms. The number of carbonyl (C=O) groups is 2. The molecule has 3 aromatic rings. The van der Waals surface area contributed by atoms with Crippen LogP contribution in [0.1, 0.15) is 15.9 Å². The van der Waals surface area contributed by atoms with Crippen LogP contribution in [0.2, 0.25) is 0 Å². The quantitative estimate of drug-likeness (QED) is 0.669. The minimum atomic E-state index is -4.50. The van der Waals surface area contributed by atoms with Crippen LogP contribution in [0.25, 0.3) is 10.9 Å². The molecule has 0 saturated heterocycles. The molecule has 0 bridgehead atoms. The maximum atomic E-state index is 12.8. The van der Waals surface area contributed by atoms with Crippen LogP contribution in [0.15, 0.2) is 42.6 Å². The fourth-order valence-corrected chi connectivity index (χ4v) is 3.48. The van der Waals surface area contributed by atoms with Gasteiger partial charge in [0.15, 0.2) is 0 Å². The minimum Gasteiger partial charge on any atom is -0.355 e. The van der Waals surface area contributed by atoms with Crippen LogP contribution in [-0.2, 0) is 18.4 Å². The third-order valence-corrected chi connectivity index (χ3v) is 4.86. The molecule has 10 heteroatoms. The van der Waals surface area contributed by atoms with Crippen molar-refractivity contribution in [2.24, 2.45) is 7.05 Å². The van der Waals surface area contributed by atoms with Gasteiger partial charge in [0.25, 0.3) is 5.91 Å². The average molecular weight is 417 g/mol. The van der Waals surface area contributed by atoms with E-state index in [4.69, 9.17) is 0 Å². The fraction of sp³-hybridized carbons (Fsp3) is 0.250. The first-order valence-corrected chi connectivity index (χ1v) is 9.15. The van der Waals surface area contributed by atoms with Crippen molar-refractivity contribution in [1.29, 1.82) is 0 Å². The number of rotatable bonds is 5. The van der Waals surface area contributed by atoms with E-state index in [1.165, 1.54) is 4.90 Å². The molecule has 0 atom stereocenters. The third-order valence-electron chi connectivity index (χ3n) is 4.86. The zero-order valence-electron chi connectivity index (χ0n) is 16.0. The van der Waals surface area contributed by atoms with Crippen molar-refractivity contribution < 1.29 is 22.8 Å². The number of fused-ring (bicyclic) bond motifs is 2. The third kappa shape index (κ3) is 3.93. The highest BCUT2D eigenvalue weighted by atomic mass is 19.4. The zero-order chi connectivity index (χ0) is 21.5. The number of nitrogens with one attached hydrogen (secondary N) is 2. The van der Waals surface area contributed by atoms with Crippen molar-refractivity contribution >= 4 is 34.1 Å². The van der Waals surface area contributed by atoms with Gasteiger partial charge in [-0.1, -0.05) is 12.1 Å². The van der Waals surface area contributed by atoms with Gasteiger partial charge in [0.2, 0.25) is 5.91 Å². The van der Waals surface area contributed by atoms with Crippen molar-refractivity contribution in [1.82, 2.24) is 20.0 Å². The van der Waals surface area contributed by atoms with E-state index in [1.807, 2.05) is 25.2 Å². The Kier molecular flexibility index (Phi) is 4.84. The van der Waals surface area contributed by atoms with Gasteiger partial charge in [-0.3, -0.25) is 14.3 Å².